The van der Waals surface area contributed by atoms with Crippen LogP contribution in [-0.4, -0.2) is 16.0 Å². The van der Waals surface area contributed by atoms with Crippen molar-refractivity contribution in [1.29, 1.82) is 0 Å². The van der Waals surface area contributed by atoms with Gasteiger partial charge in [0.05, 0.1) is 5.39 Å². The van der Waals surface area contributed by atoms with E-state index < -0.39 is 0 Å². The van der Waals surface area contributed by atoms with Crippen molar-refractivity contribution in [2.45, 2.75) is 53.0 Å². The van der Waals surface area contributed by atoms with Crippen LogP contribution in [0.2, 0.25) is 5.28 Å². The Labute approximate surface area is 135 Å². The van der Waals surface area contributed by atoms with E-state index in [1.165, 1.54) is 6.42 Å². The van der Waals surface area contributed by atoms with Crippen LogP contribution in [0.3, 0.4) is 0 Å². The summed E-state index contributed by atoms with van der Waals surface area (Å²) in [6, 6.07) is 2.50. The van der Waals surface area contributed by atoms with Gasteiger partial charge in [-0.25, -0.2) is 9.97 Å². The first-order valence-corrected chi connectivity index (χ1v) is 8.67. The number of thiophene rings is 1. The number of nitrogens with one attached hydrogen (secondary N) is 1. The zero-order valence-electron chi connectivity index (χ0n) is 13.0. The number of nitrogens with zero attached hydrogens (tertiary/aromatic N) is 2. The van der Waals surface area contributed by atoms with E-state index >= 15 is 0 Å². The number of anilines is 1. The SMILES string of the molecule is CC1(C)CC(Nc2nc(Cl)nc3sccc23)CC(C)(C)C1. The summed E-state index contributed by atoms with van der Waals surface area (Å²) in [5, 5.41) is 7.07. The number of aromatic nitrogens is 2. The molecule has 0 radical (unpaired) electrons. The zero-order valence-corrected chi connectivity index (χ0v) is 14.6. The standard InChI is InChI=1S/C16H22ClN3S/c1-15(2)7-10(8-16(3,4)9-15)18-12-11-5-6-21-13(11)20-14(17)19-12/h5-6,10H,7-9H2,1-4H3,(H,18,19,20). The van der Waals surface area contributed by atoms with Crippen molar-refractivity contribution in [2.24, 2.45) is 10.8 Å². The summed E-state index contributed by atoms with van der Waals surface area (Å²) in [6.45, 7) is 9.43. The van der Waals surface area contributed by atoms with E-state index in [1.54, 1.807) is 11.3 Å². The van der Waals surface area contributed by atoms with E-state index in [9.17, 15) is 0 Å². The summed E-state index contributed by atoms with van der Waals surface area (Å²) in [7, 11) is 0. The lowest BCUT2D eigenvalue weighted by molar-refractivity contribution is 0.105. The fourth-order valence-electron chi connectivity index (χ4n) is 4.08. The van der Waals surface area contributed by atoms with Crippen molar-refractivity contribution < 1.29 is 0 Å². The van der Waals surface area contributed by atoms with Crippen LogP contribution in [0.25, 0.3) is 10.2 Å². The van der Waals surface area contributed by atoms with E-state index in [1.807, 2.05) is 5.38 Å². The third-order valence-corrected chi connectivity index (χ3v) is 5.17. The third kappa shape index (κ3) is 3.32. The van der Waals surface area contributed by atoms with Crippen molar-refractivity contribution in [3.8, 4) is 0 Å². The second-order valence-corrected chi connectivity index (χ2v) is 8.97. The van der Waals surface area contributed by atoms with Crippen molar-refractivity contribution >= 4 is 39.0 Å². The molecule has 2 heterocycles. The Morgan fingerprint density at radius 1 is 1.19 bits per heavy atom. The molecule has 0 aliphatic heterocycles. The van der Waals surface area contributed by atoms with Gasteiger partial charge in [-0.05, 0) is 53.1 Å². The molecule has 1 aliphatic rings. The normalized spacial score (nSPS) is 21.6. The Balaban J connectivity index is 1.89. The predicted molar refractivity (Wildman–Crippen MR) is 91.2 cm³/mol. The Bertz CT molecular complexity index is 647. The Morgan fingerprint density at radius 2 is 1.86 bits per heavy atom. The van der Waals surface area contributed by atoms with Crippen LogP contribution in [0.4, 0.5) is 5.82 Å². The summed E-state index contributed by atoms with van der Waals surface area (Å²) < 4.78 is 0. The number of halogens is 1. The Morgan fingerprint density at radius 3 is 2.52 bits per heavy atom. The highest BCUT2D eigenvalue weighted by Gasteiger charge is 2.38. The molecule has 1 N–H and O–H groups in total. The molecule has 1 fully saturated rings. The molecule has 1 aliphatic carbocycles. The predicted octanol–water partition coefficient (Wildman–Crippen LogP) is 5.36. The van der Waals surface area contributed by atoms with Gasteiger partial charge in [-0.3, -0.25) is 0 Å². The smallest absolute Gasteiger partial charge is 0.225 e. The quantitative estimate of drug-likeness (QED) is 0.756. The fraction of sp³-hybridized carbons (Fsp3) is 0.625. The van der Waals surface area contributed by atoms with Gasteiger partial charge in [-0.15, -0.1) is 11.3 Å². The van der Waals surface area contributed by atoms with Gasteiger partial charge in [0.1, 0.15) is 10.6 Å². The first kappa shape index (κ1) is 15.0. The first-order valence-electron chi connectivity index (χ1n) is 7.41. The molecule has 114 valence electrons. The molecule has 0 spiro atoms. The summed E-state index contributed by atoms with van der Waals surface area (Å²) >= 11 is 7.66. The number of fused-ring (bicyclic) bond motifs is 1. The second kappa shape index (κ2) is 5.10. The van der Waals surface area contributed by atoms with Gasteiger partial charge >= 0.3 is 0 Å². The van der Waals surface area contributed by atoms with Crippen molar-refractivity contribution in [3.05, 3.63) is 16.7 Å². The van der Waals surface area contributed by atoms with Crippen molar-refractivity contribution in [2.75, 3.05) is 5.32 Å². The molecular formula is C16H22ClN3S. The molecule has 0 aromatic carbocycles. The minimum Gasteiger partial charge on any atom is -0.367 e. The van der Waals surface area contributed by atoms with E-state index in [0.717, 1.165) is 28.9 Å². The number of hydrogen-bond acceptors (Lipinski definition) is 4. The molecule has 0 unspecified atom stereocenters. The largest absolute Gasteiger partial charge is 0.367 e. The highest BCUT2D eigenvalue weighted by atomic mass is 35.5. The molecule has 0 amide bonds. The molecule has 3 nitrogen and oxygen atoms in total. The average Bonchev–Trinajstić information content (AvgIpc) is 2.71. The summed E-state index contributed by atoms with van der Waals surface area (Å²) in [5.74, 6) is 0.879. The molecule has 2 aromatic rings. The van der Waals surface area contributed by atoms with Crippen molar-refractivity contribution in [3.63, 3.8) is 0 Å². The summed E-state index contributed by atoms with van der Waals surface area (Å²) in [5.41, 5.74) is 0.702. The van der Waals surface area contributed by atoms with Crippen LogP contribution in [0, 0.1) is 10.8 Å². The second-order valence-electron chi connectivity index (χ2n) is 7.74. The summed E-state index contributed by atoms with van der Waals surface area (Å²) in [6.07, 6.45) is 3.57. The van der Waals surface area contributed by atoms with Gasteiger partial charge in [0, 0.05) is 6.04 Å². The zero-order chi connectivity index (χ0) is 15.3. The van der Waals surface area contributed by atoms with E-state index in [4.69, 9.17) is 11.6 Å². The average molecular weight is 324 g/mol. The van der Waals surface area contributed by atoms with Gasteiger partial charge in [0.15, 0.2) is 0 Å². The minimum absolute atomic E-state index is 0.321. The molecule has 3 rings (SSSR count). The van der Waals surface area contributed by atoms with Crippen LogP contribution < -0.4 is 5.32 Å². The Kier molecular flexibility index (Phi) is 3.65. The first-order chi connectivity index (χ1) is 9.74. The minimum atomic E-state index is 0.321. The van der Waals surface area contributed by atoms with Gasteiger partial charge < -0.3 is 5.32 Å². The maximum atomic E-state index is 6.05. The van der Waals surface area contributed by atoms with E-state index in [0.29, 0.717) is 22.2 Å². The monoisotopic (exact) mass is 323 g/mol. The van der Waals surface area contributed by atoms with Gasteiger partial charge in [0.2, 0.25) is 5.28 Å². The Hall–Kier alpha value is -0.870. The van der Waals surface area contributed by atoms with Gasteiger partial charge in [0.25, 0.3) is 0 Å². The van der Waals surface area contributed by atoms with Gasteiger partial charge in [-0.1, -0.05) is 27.7 Å². The highest BCUT2D eigenvalue weighted by Crippen LogP contribution is 2.46. The lowest BCUT2D eigenvalue weighted by Crippen LogP contribution is -2.40. The summed E-state index contributed by atoms with van der Waals surface area (Å²) in [4.78, 5) is 9.64. The highest BCUT2D eigenvalue weighted by molar-refractivity contribution is 7.16. The maximum Gasteiger partial charge on any atom is 0.225 e. The molecule has 1 saturated carbocycles. The van der Waals surface area contributed by atoms with E-state index in [2.05, 4.69) is 49.0 Å². The molecular weight excluding hydrogens is 302 g/mol. The lowest BCUT2D eigenvalue weighted by Gasteiger charge is -2.45. The molecule has 21 heavy (non-hydrogen) atoms. The topological polar surface area (TPSA) is 37.8 Å². The van der Waals surface area contributed by atoms with Crippen LogP contribution in [0.1, 0.15) is 47.0 Å². The fourth-order valence-corrected chi connectivity index (χ4v) is 5.06. The lowest BCUT2D eigenvalue weighted by atomic mass is 9.63. The van der Waals surface area contributed by atoms with Crippen LogP contribution in [-0.2, 0) is 0 Å². The molecule has 0 atom stereocenters. The van der Waals surface area contributed by atoms with E-state index in [-0.39, 0.29) is 0 Å². The third-order valence-electron chi connectivity index (χ3n) is 4.19. The van der Waals surface area contributed by atoms with Crippen molar-refractivity contribution in [1.82, 2.24) is 9.97 Å². The van der Waals surface area contributed by atoms with Crippen LogP contribution >= 0.6 is 22.9 Å². The molecule has 0 saturated heterocycles. The number of rotatable bonds is 2. The van der Waals surface area contributed by atoms with Gasteiger partial charge in [-0.2, -0.15) is 0 Å². The molecule has 5 heteroatoms. The molecule has 0 bridgehead atoms. The number of hydrogen-bond donors (Lipinski definition) is 1. The maximum absolute atomic E-state index is 6.05. The molecule has 2 aromatic heterocycles. The van der Waals surface area contributed by atoms with Crippen LogP contribution in [0.5, 0.6) is 0 Å². The van der Waals surface area contributed by atoms with Crippen LogP contribution in [0.15, 0.2) is 11.4 Å².